The van der Waals surface area contributed by atoms with Gasteiger partial charge in [0.15, 0.2) is 0 Å². The van der Waals surface area contributed by atoms with Crippen LogP contribution in [0.25, 0.3) is 0 Å². The number of nitrogens with two attached hydrogens (primary N) is 1. The minimum Gasteiger partial charge on any atom is -0.480 e. The maximum Gasteiger partial charge on any atom is 0.326 e. The van der Waals surface area contributed by atoms with E-state index in [9.17, 15) is 24.3 Å². The van der Waals surface area contributed by atoms with Crippen molar-refractivity contribution in [2.24, 2.45) is 5.73 Å². The number of hydrogen-bond acceptors (Lipinski definition) is 6. The van der Waals surface area contributed by atoms with Crippen molar-refractivity contribution in [3.8, 4) is 0 Å². The van der Waals surface area contributed by atoms with Crippen molar-refractivity contribution in [3.63, 3.8) is 0 Å². The minimum absolute atomic E-state index is 0.0110. The Bertz CT molecular complexity index is 887. The smallest absolute Gasteiger partial charge is 0.326 e. The van der Waals surface area contributed by atoms with Crippen molar-refractivity contribution >= 4 is 23.7 Å². The summed E-state index contributed by atoms with van der Waals surface area (Å²) in [5.74, 6) is -3.00. The van der Waals surface area contributed by atoms with Gasteiger partial charge < -0.3 is 31.8 Å². The summed E-state index contributed by atoms with van der Waals surface area (Å²) in [6.07, 6.45) is 3.19. The summed E-state index contributed by atoms with van der Waals surface area (Å²) in [6, 6.07) is 6.19. The summed E-state index contributed by atoms with van der Waals surface area (Å²) in [5, 5.41) is 16.5. The van der Waals surface area contributed by atoms with Crippen LogP contribution in [0, 0.1) is 0 Å². The molecule has 0 aliphatic carbocycles. The molecular formula is C20H26N6O5. The molecule has 2 rings (SSSR count). The van der Waals surface area contributed by atoms with E-state index in [0.717, 1.165) is 5.56 Å². The van der Waals surface area contributed by atoms with Crippen molar-refractivity contribution < 1.29 is 24.3 Å². The molecule has 0 bridgehead atoms. The third-order valence-electron chi connectivity index (χ3n) is 4.42. The van der Waals surface area contributed by atoms with Crippen LogP contribution in [-0.4, -0.2) is 63.4 Å². The lowest BCUT2D eigenvalue weighted by Crippen LogP contribution is -2.53. The topological polar surface area (TPSA) is 179 Å². The molecule has 0 aliphatic heterocycles. The molecule has 2 aromatic rings. The first-order valence-corrected chi connectivity index (χ1v) is 9.63. The first-order chi connectivity index (χ1) is 14.8. The Morgan fingerprint density at radius 1 is 1.10 bits per heavy atom. The fraction of sp³-hybridized carbons (Fsp3) is 0.350. The lowest BCUT2D eigenvalue weighted by atomic mass is 10.1. The van der Waals surface area contributed by atoms with Gasteiger partial charge in [-0.2, -0.15) is 0 Å². The van der Waals surface area contributed by atoms with E-state index in [2.05, 4.69) is 25.9 Å². The third kappa shape index (κ3) is 7.90. The number of nitrogens with one attached hydrogen (secondary N) is 4. The van der Waals surface area contributed by atoms with Crippen molar-refractivity contribution in [3.05, 3.63) is 54.1 Å². The monoisotopic (exact) mass is 430 g/mol. The summed E-state index contributed by atoms with van der Waals surface area (Å²) < 4.78 is 0. The van der Waals surface area contributed by atoms with Gasteiger partial charge in [-0.1, -0.05) is 30.3 Å². The molecule has 1 aromatic heterocycles. The van der Waals surface area contributed by atoms with Crippen LogP contribution < -0.4 is 21.7 Å². The van der Waals surface area contributed by atoms with E-state index < -0.39 is 41.8 Å². The standard InChI is InChI=1S/C20H26N6O5/c1-12(18(28)26-16(20(30)31)8-14-9-22-11-24-14)25-17(27)10-23-19(29)15(21)7-13-5-3-2-4-6-13/h2-6,9,11-12,15-16H,7-8,10,21H2,1H3,(H,22,24)(H,23,29)(H,25,27)(H,26,28)(H,30,31). The number of carbonyl (C=O) groups excluding carboxylic acids is 3. The number of carbonyl (C=O) groups is 4. The van der Waals surface area contributed by atoms with Crippen LogP contribution in [0.4, 0.5) is 0 Å². The molecule has 0 saturated carbocycles. The SMILES string of the molecule is CC(NC(=O)CNC(=O)C(N)Cc1ccccc1)C(=O)NC(Cc1cnc[nH]1)C(=O)O. The van der Waals surface area contributed by atoms with Crippen LogP contribution >= 0.6 is 0 Å². The van der Waals surface area contributed by atoms with Gasteiger partial charge in [0.2, 0.25) is 17.7 Å². The molecule has 3 unspecified atom stereocenters. The summed E-state index contributed by atoms with van der Waals surface area (Å²) >= 11 is 0. The molecule has 11 heteroatoms. The van der Waals surface area contributed by atoms with Gasteiger partial charge in [0.25, 0.3) is 0 Å². The molecule has 1 aromatic carbocycles. The van der Waals surface area contributed by atoms with Crippen molar-refractivity contribution in [2.45, 2.75) is 37.9 Å². The molecule has 0 saturated heterocycles. The Balaban J connectivity index is 1.76. The van der Waals surface area contributed by atoms with Gasteiger partial charge >= 0.3 is 5.97 Å². The fourth-order valence-corrected chi connectivity index (χ4v) is 2.73. The average molecular weight is 430 g/mol. The number of aliphatic carboxylic acids is 1. The fourth-order valence-electron chi connectivity index (χ4n) is 2.73. The normalized spacial score (nSPS) is 13.5. The summed E-state index contributed by atoms with van der Waals surface area (Å²) in [5.41, 5.74) is 7.29. The van der Waals surface area contributed by atoms with Crippen molar-refractivity contribution in [1.29, 1.82) is 0 Å². The number of aromatic nitrogens is 2. The Kier molecular flexibility index (Phi) is 8.70. The number of imidazole rings is 1. The molecule has 11 nitrogen and oxygen atoms in total. The van der Waals surface area contributed by atoms with E-state index in [0.29, 0.717) is 12.1 Å². The van der Waals surface area contributed by atoms with Gasteiger partial charge in [0.05, 0.1) is 18.9 Å². The number of H-pyrrole nitrogens is 1. The van der Waals surface area contributed by atoms with Gasteiger partial charge in [-0.25, -0.2) is 9.78 Å². The Morgan fingerprint density at radius 2 is 1.81 bits per heavy atom. The lowest BCUT2D eigenvalue weighted by molar-refractivity contribution is -0.142. The van der Waals surface area contributed by atoms with Crippen LogP contribution in [0.3, 0.4) is 0 Å². The summed E-state index contributed by atoms with van der Waals surface area (Å²) in [6.45, 7) is 1.04. The molecule has 0 fully saturated rings. The van der Waals surface area contributed by atoms with E-state index in [1.54, 1.807) is 0 Å². The summed E-state index contributed by atoms with van der Waals surface area (Å²) in [4.78, 5) is 54.3. The highest BCUT2D eigenvalue weighted by atomic mass is 16.4. The number of amides is 3. The Hall–Kier alpha value is -3.73. The van der Waals surface area contributed by atoms with Gasteiger partial charge in [0.1, 0.15) is 12.1 Å². The number of carboxylic acids is 1. The maximum atomic E-state index is 12.2. The highest BCUT2D eigenvalue weighted by Crippen LogP contribution is 2.02. The molecule has 0 radical (unpaired) electrons. The van der Waals surface area contributed by atoms with Gasteiger partial charge in [0, 0.05) is 18.3 Å². The maximum absolute atomic E-state index is 12.2. The van der Waals surface area contributed by atoms with Crippen LogP contribution in [0.1, 0.15) is 18.2 Å². The number of aromatic amines is 1. The van der Waals surface area contributed by atoms with Gasteiger partial charge in [-0.05, 0) is 18.9 Å². The number of rotatable bonds is 11. The van der Waals surface area contributed by atoms with Gasteiger partial charge in [-0.3, -0.25) is 14.4 Å². The molecule has 31 heavy (non-hydrogen) atoms. The van der Waals surface area contributed by atoms with E-state index in [1.807, 2.05) is 30.3 Å². The Labute approximate surface area is 178 Å². The first-order valence-electron chi connectivity index (χ1n) is 9.63. The molecule has 0 spiro atoms. The highest BCUT2D eigenvalue weighted by molar-refractivity contribution is 5.92. The minimum atomic E-state index is -1.22. The second-order valence-electron chi connectivity index (χ2n) is 6.98. The van der Waals surface area contributed by atoms with Crippen LogP contribution in [0.2, 0.25) is 0 Å². The molecule has 0 aliphatic rings. The number of nitrogens with zero attached hydrogens (tertiary/aromatic N) is 1. The molecule has 7 N–H and O–H groups in total. The van der Waals surface area contributed by atoms with Gasteiger partial charge in [-0.15, -0.1) is 0 Å². The predicted octanol–water partition coefficient (Wildman–Crippen LogP) is -1.29. The zero-order chi connectivity index (χ0) is 22.8. The van der Waals surface area contributed by atoms with E-state index >= 15 is 0 Å². The molecule has 1 heterocycles. The number of hydrogen-bond donors (Lipinski definition) is 6. The van der Waals surface area contributed by atoms with Crippen molar-refractivity contribution in [1.82, 2.24) is 25.9 Å². The van der Waals surface area contributed by atoms with Crippen molar-refractivity contribution in [2.75, 3.05) is 6.54 Å². The predicted molar refractivity (Wildman–Crippen MR) is 111 cm³/mol. The third-order valence-corrected chi connectivity index (χ3v) is 4.42. The highest BCUT2D eigenvalue weighted by Gasteiger charge is 2.25. The number of benzene rings is 1. The van der Waals surface area contributed by atoms with Crippen LogP contribution in [0.15, 0.2) is 42.9 Å². The molecule has 166 valence electrons. The zero-order valence-electron chi connectivity index (χ0n) is 17.0. The zero-order valence-corrected chi connectivity index (χ0v) is 17.0. The van der Waals surface area contributed by atoms with Crippen LogP contribution in [0.5, 0.6) is 0 Å². The average Bonchev–Trinajstić information content (AvgIpc) is 3.25. The van der Waals surface area contributed by atoms with E-state index in [1.165, 1.54) is 19.4 Å². The Morgan fingerprint density at radius 3 is 2.42 bits per heavy atom. The lowest BCUT2D eigenvalue weighted by Gasteiger charge is -2.19. The van der Waals surface area contributed by atoms with E-state index in [-0.39, 0.29) is 13.0 Å². The largest absolute Gasteiger partial charge is 0.480 e. The summed E-state index contributed by atoms with van der Waals surface area (Å²) in [7, 11) is 0. The first kappa shape index (κ1) is 23.5. The van der Waals surface area contributed by atoms with Crippen LogP contribution in [-0.2, 0) is 32.0 Å². The molecular weight excluding hydrogens is 404 g/mol. The molecule has 3 atom stereocenters. The molecule has 3 amide bonds. The quantitative estimate of drug-likeness (QED) is 0.257. The second kappa shape index (κ2) is 11.5. The van der Waals surface area contributed by atoms with E-state index in [4.69, 9.17) is 5.73 Å². The second-order valence-corrected chi connectivity index (χ2v) is 6.98. The number of carboxylic acid groups (broad SMARTS) is 1.